The Labute approximate surface area is 178 Å². The average Bonchev–Trinajstić information content (AvgIpc) is 3.27. The highest BCUT2D eigenvalue weighted by Crippen LogP contribution is 2.43. The van der Waals surface area contributed by atoms with E-state index in [0.29, 0.717) is 6.04 Å². The largest absolute Gasteiger partial charge is 0.449 e. The molecule has 0 aliphatic carbocycles. The fourth-order valence-electron chi connectivity index (χ4n) is 4.71. The standard InChI is InChI=1S/C24H30N2O4/c1-23(27-19-7-3-4-8-20(19)28-23)12-11-18(26-15-13-25-14-16-26)17-24(2)29-21-9-5-6-10-22(21)30-24/h3-10,18,25H,11-17H2,1-2H3. The molecule has 5 rings (SSSR count). The van der Waals surface area contributed by atoms with Gasteiger partial charge in [-0.1, -0.05) is 24.3 Å². The smallest absolute Gasteiger partial charge is 0.250 e. The van der Waals surface area contributed by atoms with E-state index in [0.717, 1.165) is 68.4 Å². The first-order valence-electron chi connectivity index (χ1n) is 10.9. The third-order valence-electron chi connectivity index (χ3n) is 6.21. The number of fused-ring (bicyclic) bond motifs is 2. The van der Waals surface area contributed by atoms with Gasteiger partial charge in [-0.25, -0.2) is 0 Å². The lowest BCUT2D eigenvalue weighted by Gasteiger charge is -2.39. The van der Waals surface area contributed by atoms with E-state index in [1.54, 1.807) is 0 Å². The van der Waals surface area contributed by atoms with Crippen molar-refractivity contribution in [2.75, 3.05) is 26.2 Å². The van der Waals surface area contributed by atoms with E-state index < -0.39 is 11.6 Å². The minimum atomic E-state index is -0.666. The van der Waals surface area contributed by atoms with E-state index in [9.17, 15) is 0 Å². The monoisotopic (exact) mass is 410 g/mol. The molecule has 1 fully saturated rings. The van der Waals surface area contributed by atoms with Crippen molar-refractivity contribution in [2.24, 2.45) is 0 Å². The molecule has 3 heterocycles. The zero-order chi connectivity index (χ0) is 20.6. The summed E-state index contributed by atoms with van der Waals surface area (Å²) in [6.45, 7) is 8.12. The summed E-state index contributed by atoms with van der Waals surface area (Å²) in [6, 6.07) is 16.1. The van der Waals surface area contributed by atoms with Crippen molar-refractivity contribution in [2.45, 2.75) is 50.7 Å². The number of rotatable bonds is 6. The van der Waals surface area contributed by atoms with Gasteiger partial charge in [0.15, 0.2) is 23.0 Å². The maximum atomic E-state index is 6.24. The van der Waals surface area contributed by atoms with E-state index in [4.69, 9.17) is 18.9 Å². The molecule has 1 N–H and O–H groups in total. The highest BCUT2D eigenvalue weighted by atomic mass is 16.7. The molecule has 0 aromatic heterocycles. The Morgan fingerprint density at radius 3 is 1.77 bits per heavy atom. The topological polar surface area (TPSA) is 52.2 Å². The van der Waals surface area contributed by atoms with E-state index in [2.05, 4.69) is 10.2 Å². The first-order chi connectivity index (χ1) is 14.5. The van der Waals surface area contributed by atoms with Gasteiger partial charge in [-0.15, -0.1) is 0 Å². The van der Waals surface area contributed by atoms with Crippen LogP contribution >= 0.6 is 0 Å². The second kappa shape index (κ2) is 7.67. The van der Waals surface area contributed by atoms with Crippen LogP contribution in [-0.4, -0.2) is 48.7 Å². The first kappa shape index (κ1) is 19.5. The quantitative estimate of drug-likeness (QED) is 0.782. The molecule has 0 spiro atoms. The molecule has 2 aromatic rings. The molecule has 3 aliphatic heterocycles. The van der Waals surface area contributed by atoms with Crippen LogP contribution in [0.1, 0.15) is 33.1 Å². The zero-order valence-corrected chi connectivity index (χ0v) is 17.7. The van der Waals surface area contributed by atoms with Crippen molar-refractivity contribution in [1.29, 1.82) is 0 Å². The predicted octanol–water partition coefficient (Wildman–Crippen LogP) is 3.81. The summed E-state index contributed by atoms with van der Waals surface area (Å²) < 4.78 is 24.8. The predicted molar refractivity (Wildman–Crippen MR) is 114 cm³/mol. The maximum Gasteiger partial charge on any atom is 0.250 e. The van der Waals surface area contributed by atoms with Gasteiger partial charge < -0.3 is 24.3 Å². The normalized spacial score (nSPS) is 22.1. The molecule has 2 aromatic carbocycles. The van der Waals surface area contributed by atoms with E-state index >= 15 is 0 Å². The van der Waals surface area contributed by atoms with Crippen molar-refractivity contribution in [1.82, 2.24) is 10.2 Å². The van der Waals surface area contributed by atoms with E-state index in [1.807, 2.05) is 62.4 Å². The maximum absolute atomic E-state index is 6.24. The number of piperazine rings is 1. The van der Waals surface area contributed by atoms with Crippen LogP contribution in [0.3, 0.4) is 0 Å². The van der Waals surface area contributed by atoms with Gasteiger partial charge in [-0.3, -0.25) is 4.90 Å². The second-order valence-corrected chi connectivity index (χ2v) is 8.75. The summed E-state index contributed by atoms with van der Waals surface area (Å²) in [5.41, 5.74) is 0. The number of hydrogen-bond donors (Lipinski definition) is 1. The van der Waals surface area contributed by atoms with Crippen LogP contribution in [0.5, 0.6) is 23.0 Å². The molecule has 0 saturated carbocycles. The Kier molecular flexibility index (Phi) is 4.99. The van der Waals surface area contributed by atoms with Crippen molar-refractivity contribution in [3.63, 3.8) is 0 Å². The summed E-state index contributed by atoms with van der Waals surface area (Å²) in [4.78, 5) is 2.54. The number of nitrogens with zero attached hydrogens (tertiary/aromatic N) is 1. The lowest BCUT2D eigenvalue weighted by Crippen LogP contribution is -2.52. The van der Waals surface area contributed by atoms with Gasteiger partial charge in [0.2, 0.25) is 11.6 Å². The van der Waals surface area contributed by atoms with E-state index in [-0.39, 0.29) is 0 Å². The summed E-state index contributed by atoms with van der Waals surface area (Å²) >= 11 is 0. The van der Waals surface area contributed by atoms with Gasteiger partial charge in [-0.05, 0) is 30.7 Å². The first-order valence-corrected chi connectivity index (χ1v) is 10.9. The van der Waals surface area contributed by atoms with Crippen LogP contribution in [0, 0.1) is 0 Å². The number of nitrogens with one attached hydrogen (secondary N) is 1. The Morgan fingerprint density at radius 1 is 0.800 bits per heavy atom. The Hall–Kier alpha value is -2.44. The lowest BCUT2D eigenvalue weighted by molar-refractivity contribution is -0.0989. The van der Waals surface area contributed by atoms with Gasteiger partial charge in [0.1, 0.15) is 0 Å². The van der Waals surface area contributed by atoms with Gasteiger partial charge in [0.25, 0.3) is 0 Å². The summed E-state index contributed by atoms with van der Waals surface area (Å²) in [7, 11) is 0. The summed E-state index contributed by atoms with van der Waals surface area (Å²) in [5, 5.41) is 3.45. The van der Waals surface area contributed by atoms with Gasteiger partial charge in [-0.2, -0.15) is 0 Å². The van der Waals surface area contributed by atoms with Gasteiger partial charge >= 0.3 is 0 Å². The number of ether oxygens (including phenoxy) is 4. The van der Waals surface area contributed by atoms with Crippen LogP contribution < -0.4 is 24.3 Å². The highest BCUT2D eigenvalue weighted by molar-refractivity contribution is 5.43. The van der Waals surface area contributed by atoms with Gasteiger partial charge in [0, 0.05) is 58.9 Å². The Balaban J connectivity index is 1.28. The number of benzene rings is 2. The minimum Gasteiger partial charge on any atom is -0.449 e. The zero-order valence-electron chi connectivity index (χ0n) is 17.7. The second-order valence-electron chi connectivity index (χ2n) is 8.75. The molecule has 3 aliphatic rings. The van der Waals surface area contributed by atoms with Crippen LogP contribution in [0.25, 0.3) is 0 Å². The average molecular weight is 411 g/mol. The molecular formula is C24H30N2O4. The summed E-state index contributed by atoms with van der Waals surface area (Å²) in [6.07, 6.45) is 2.51. The minimum absolute atomic E-state index is 0.305. The summed E-state index contributed by atoms with van der Waals surface area (Å²) in [5.74, 6) is 1.98. The van der Waals surface area contributed by atoms with Crippen LogP contribution in [0.4, 0.5) is 0 Å². The Bertz CT molecular complexity index is 846. The molecule has 1 unspecified atom stereocenters. The molecule has 1 atom stereocenters. The van der Waals surface area contributed by atoms with E-state index in [1.165, 1.54) is 0 Å². The molecule has 160 valence electrons. The fourth-order valence-corrected chi connectivity index (χ4v) is 4.71. The Morgan fingerprint density at radius 2 is 1.27 bits per heavy atom. The van der Waals surface area contributed by atoms with Crippen LogP contribution in [-0.2, 0) is 0 Å². The molecule has 0 radical (unpaired) electrons. The van der Waals surface area contributed by atoms with Crippen LogP contribution in [0.15, 0.2) is 48.5 Å². The third-order valence-corrected chi connectivity index (χ3v) is 6.21. The number of hydrogen-bond acceptors (Lipinski definition) is 6. The van der Waals surface area contributed by atoms with Crippen molar-refractivity contribution < 1.29 is 18.9 Å². The van der Waals surface area contributed by atoms with Crippen molar-refractivity contribution in [3.05, 3.63) is 48.5 Å². The molecule has 1 saturated heterocycles. The number of para-hydroxylation sites is 4. The molecular weight excluding hydrogens is 380 g/mol. The molecule has 6 heteroatoms. The van der Waals surface area contributed by atoms with Crippen molar-refractivity contribution in [3.8, 4) is 23.0 Å². The molecule has 30 heavy (non-hydrogen) atoms. The van der Waals surface area contributed by atoms with Crippen LogP contribution in [0.2, 0.25) is 0 Å². The molecule has 0 bridgehead atoms. The molecule has 6 nitrogen and oxygen atoms in total. The highest BCUT2D eigenvalue weighted by Gasteiger charge is 2.42. The third kappa shape index (κ3) is 3.94. The fraction of sp³-hybridized carbons (Fsp3) is 0.500. The lowest BCUT2D eigenvalue weighted by atomic mass is 9.97. The SMILES string of the molecule is CC1(CCC(CC2(C)Oc3ccccc3O2)N2CCNCC2)Oc2ccccc2O1. The molecule has 0 amide bonds. The van der Waals surface area contributed by atoms with Gasteiger partial charge in [0.05, 0.1) is 0 Å². The van der Waals surface area contributed by atoms with Crippen molar-refractivity contribution >= 4 is 0 Å².